The lowest BCUT2D eigenvalue weighted by Crippen LogP contribution is -2.36. The van der Waals surface area contributed by atoms with E-state index in [9.17, 15) is 14.0 Å². The highest BCUT2D eigenvalue weighted by Crippen LogP contribution is 2.12. The van der Waals surface area contributed by atoms with Crippen molar-refractivity contribution in [1.29, 1.82) is 0 Å². The highest BCUT2D eigenvalue weighted by atomic mass is 79.9. The molecule has 0 N–H and O–H groups in total. The summed E-state index contributed by atoms with van der Waals surface area (Å²) in [6.07, 6.45) is 1.96. The fourth-order valence-corrected chi connectivity index (χ4v) is 2.56. The van der Waals surface area contributed by atoms with E-state index < -0.39 is 12.1 Å². The second-order valence-corrected chi connectivity index (χ2v) is 6.70. The molecule has 4 nitrogen and oxygen atoms in total. The number of hydrogen-bond acceptors (Lipinski definition) is 3. The van der Waals surface area contributed by atoms with E-state index in [4.69, 9.17) is 4.74 Å². The summed E-state index contributed by atoms with van der Waals surface area (Å²) in [5.74, 6) is -1.33. The van der Waals surface area contributed by atoms with Gasteiger partial charge in [0.25, 0.3) is 5.91 Å². The van der Waals surface area contributed by atoms with Crippen LogP contribution in [0, 0.1) is 5.82 Å². The Labute approximate surface area is 160 Å². The third-order valence-corrected chi connectivity index (χ3v) is 4.14. The van der Waals surface area contributed by atoms with Crippen LogP contribution in [-0.2, 0) is 20.9 Å². The van der Waals surface area contributed by atoms with Crippen molar-refractivity contribution >= 4 is 33.9 Å². The van der Waals surface area contributed by atoms with Gasteiger partial charge >= 0.3 is 5.97 Å². The number of ether oxygens (including phenoxy) is 1. The van der Waals surface area contributed by atoms with Gasteiger partial charge in [0.2, 0.25) is 0 Å². The molecule has 2 aromatic rings. The monoisotopic (exact) mass is 419 g/mol. The van der Waals surface area contributed by atoms with Crippen LogP contribution in [0.1, 0.15) is 18.1 Å². The van der Waals surface area contributed by atoms with E-state index in [0.717, 1.165) is 10.0 Å². The van der Waals surface area contributed by atoms with Crippen LogP contribution in [0.3, 0.4) is 0 Å². The van der Waals surface area contributed by atoms with E-state index in [1.54, 1.807) is 25.3 Å². The molecular weight excluding hydrogens is 401 g/mol. The average Bonchev–Trinajstić information content (AvgIpc) is 2.60. The minimum atomic E-state index is -0.935. The third-order valence-electron chi connectivity index (χ3n) is 3.61. The predicted octanol–water partition coefficient (Wildman–Crippen LogP) is 4.19. The van der Waals surface area contributed by atoms with Crippen LogP contribution in [0.25, 0.3) is 6.08 Å². The molecule has 1 atom stereocenters. The maximum absolute atomic E-state index is 13.2. The second kappa shape index (κ2) is 9.29. The number of likely N-dealkylation sites (N-methyl/N-ethyl adjacent to an activating group) is 1. The Morgan fingerprint density at radius 3 is 2.58 bits per heavy atom. The molecule has 0 spiro atoms. The van der Waals surface area contributed by atoms with Crippen LogP contribution >= 0.6 is 15.9 Å². The van der Waals surface area contributed by atoms with Crippen LogP contribution in [0.4, 0.5) is 4.39 Å². The van der Waals surface area contributed by atoms with Gasteiger partial charge in [0.15, 0.2) is 6.10 Å². The number of nitrogens with zero attached hydrogens (tertiary/aromatic N) is 1. The van der Waals surface area contributed by atoms with Gasteiger partial charge in [-0.1, -0.05) is 40.2 Å². The van der Waals surface area contributed by atoms with E-state index in [2.05, 4.69) is 15.9 Å². The van der Waals surface area contributed by atoms with Gasteiger partial charge < -0.3 is 9.64 Å². The Kier molecular flexibility index (Phi) is 7.09. The Morgan fingerprint density at radius 1 is 1.23 bits per heavy atom. The van der Waals surface area contributed by atoms with Crippen molar-refractivity contribution in [2.45, 2.75) is 19.6 Å². The van der Waals surface area contributed by atoms with Gasteiger partial charge in [-0.25, -0.2) is 9.18 Å². The summed E-state index contributed by atoms with van der Waals surface area (Å²) in [6.45, 7) is 1.74. The molecule has 0 bridgehead atoms. The molecule has 0 fully saturated rings. The molecule has 0 saturated carbocycles. The number of carbonyl (C=O) groups is 2. The first-order valence-electron chi connectivity index (χ1n) is 7.99. The number of carbonyl (C=O) groups excluding carboxylic acids is 2. The minimum Gasteiger partial charge on any atom is -0.449 e. The first-order chi connectivity index (χ1) is 12.3. The van der Waals surface area contributed by atoms with Crippen molar-refractivity contribution in [2.24, 2.45) is 0 Å². The summed E-state index contributed by atoms with van der Waals surface area (Å²) in [5.41, 5.74) is 1.50. The molecule has 0 aromatic heterocycles. The van der Waals surface area contributed by atoms with Gasteiger partial charge in [0.1, 0.15) is 5.82 Å². The maximum Gasteiger partial charge on any atom is 0.331 e. The first kappa shape index (κ1) is 19.8. The van der Waals surface area contributed by atoms with Gasteiger partial charge in [0.05, 0.1) is 0 Å². The molecule has 6 heteroatoms. The van der Waals surface area contributed by atoms with Gasteiger partial charge in [0, 0.05) is 24.1 Å². The Balaban J connectivity index is 1.88. The van der Waals surface area contributed by atoms with E-state index in [1.807, 2.05) is 24.3 Å². The topological polar surface area (TPSA) is 46.6 Å². The normalized spacial score (nSPS) is 12.0. The number of benzene rings is 2. The third kappa shape index (κ3) is 6.11. The van der Waals surface area contributed by atoms with Crippen molar-refractivity contribution < 1.29 is 18.7 Å². The number of amides is 1. The summed E-state index contributed by atoms with van der Waals surface area (Å²) in [4.78, 5) is 25.6. The number of esters is 1. The molecule has 0 saturated heterocycles. The zero-order valence-corrected chi connectivity index (χ0v) is 16.1. The van der Waals surface area contributed by atoms with Crippen molar-refractivity contribution in [3.05, 3.63) is 76.0 Å². The molecule has 1 unspecified atom stereocenters. The maximum atomic E-state index is 13.2. The number of rotatable bonds is 6. The standard InChI is InChI=1S/C20H19BrFNO3/c1-14(20(25)23(2)13-16-4-3-5-18(22)12-16)26-19(24)11-8-15-6-9-17(21)10-7-15/h3-12,14H,13H2,1-2H3/b11-8+. The molecule has 0 heterocycles. The van der Waals surface area contributed by atoms with Crippen molar-refractivity contribution in [2.75, 3.05) is 7.05 Å². The summed E-state index contributed by atoms with van der Waals surface area (Å²) in [5, 5.41) is 0. The Hall–Kier alpha value is -2.47. The molecule has 0 aliphatic carbocycles. The zero-order valence-electron chi connectivity index (χ0n) is 14.5. The van der Waals surface area contributed by atoms with Gasteiger partial charge in [-0.05, 0) is 48.4 Å². The van der Waals surface area contributed by atoms with Crippen LogP contribution in [-0.4, -0.2) is 29.9 Å². The Morgan fingerprint density at radius 2 is 1.92 bits per heavy atom. The van der Waals surface area contributed by atoms with E-state index in [-0.39, 0.29) is 18.3 Å². The summed E-state index contributed by atoms with van der Waals surface area (Å²) >= 11 is 3.34. The van der Waals surface area contributed by atoms with Crippen molar-refractivity contribution in [1.82, 2.24) is 4.90 Å². The minimum absolute atomic E-state index is 0.229. The van der Waals surface area contributed by atoms with Gasteiger partial charge in [-0.2, -0.15) is 0 Å². The number of halogens is 2. The number of hydrogen-bond donors (Lipinski definition) is 0. The Bertz CT molecular complexity index is 805. The fraction of sp³-hybridized carbons (Fsp3) is 0.200. The molecule has 2 rings (SSSR count). The quantitative estimate of drug-likeness (QED) is 0.520. The molecule has 26 heavy (non-hydrogen) atoms. The predicted molar refractivity (Wildman–Crippen MR) is 102 cm³/mol. The summed E-state index contributed by atoms with van der Waals surface area (Å²) < 4.78 is 19.3. The van der Waals surface area contributed by atoms with Gasteiger partial charge in [-0.3, -0.25) is 4.79 Å². The largest absolute Gasteiger partial charge is 0.449 e. The van der Waals surface area contributed by atoms with Crippen LogP contribution in [0.15, 0.2) is 59.1 Å². The molecule has 0 radical (unpaired) electrons. The SMILES string of the molecule is CC(OC(=O)/C=C/c1ccc(Br)cc1)C(=O)N(C)Cc1cccc(F)c1. The molecule has 0 aliphatic heterocycles. The van der Waals surface area contributed by atoms with E-state index in [0.29, 0.717) is 5.56 Å². The van der Waals surface area contributed by atoms with E-state index in [1.165, 1.54) is 30.0 Å². The molecular formula is C20H19BrFNO3. The summed E-state index contributed by atoms with van der Waals surface area (Å²) in [6, 6.07) is 13.4. The van der Waals surface area contributed by atoms with E-state index >= 15 is 0 Å². The summed E-state index contributed by atoms with van der Waals surface area (Å²) in [7, 11) is 1.58. The fourth-order valence-electron chi connectivity index (χ4n) is 2.30. The molecule has 1 amide bonds. The van der Waals surface area contributed by atoms with Crippen LogP contribution in [0.2, 0.25) is 0 Å². The zero-order chi connectivity index (χ0) is 19.1. The van der Waals surface area contributed by atoms with Gasteiger partial charge in [-0.15, -0.1) is 0 Å². The lowest BCUT2D eigenvalue weighted by molar-refractivity contribution is -0.154. The van der Waals surface area contributed by atoms with Crippen molar-refractivity contribution in [3.63, 3.8) is 0 Å². The molecule has 2 aromatic carbocycles. The highest BCUT2D eigenvalue weighted by Gasteiger charge is 2.20. The smallest absolute Gasteiger partial charge is 0.331 e. The van der Waals surface area contributed by atoms with Crippen molar-refractivity contribution in [3.8, 4) is 0 Å². The highest BCUT2D eigenvalue weighted by molar-refractivity contribution is 9.10. The van der Waals surface area contributed by atoms with Crippen LogP contribution in [0.5, 0.6) is 0 Å². The van der Waals surface area contributed by atoms with Crippen LogP contribution < -0.4 is 0 Å². The molecule has 136 valence electrons. The lowest BCUT2D eigenvalue weighted by Gasteiger charge is -2.21. The second-order valence-electron chi connectivity index (χ2n) is 5.79. The lowest BCUT2D eigenvalue weighted by atomic mass is 10.2. The average molecular weight is 420 g/mol. The first-order valence-corrected chi connectivity index (χ1v) is 8.78. The molecule has 0 aliphatic rings.